The zero-order chi connectivity index (χ0) is 14.5. The van der Waals surface area contributed by atoms with Crippen LogP contribution in [0.2, 0.25) is 5.02 Å². The number of benzene rings is 2. The van der Waals surface area contributed by atoms with Gasteiger partial charge in [0.15, 0.2) is 0 Å². The molecule has 0 aromatic heterocycles. The maximum absolute atomic E-state index is 13.6. The van der Waals surface area contributed by atoms with Gasteiger partial charge in [-0.25, -0.2) is 4.39 Å². The Kier molecular flexibility index (Phi) is 4.74. The van der Waals surface area contributed by atoms with Gasteiger partial charge in [-0.1, -0.05) is 29.8 Å². The predicted octanol–water partition coefficient (Wildman–Crippen LogP) is 3.84. The zero-order valence-electron chi connectivity index (χ0n) is 11.0. The summed E-state index contributed by atoms with van der Waals surface area (Å²) in [6.07, 6.45) is 0.213. The number of rotatable bonds is 5. The first-order chi connectivity index (χ1) is 9.60. The van der Waals surface area contributed by atoms with Crippen molar-refractivity contribution in [3.05, 3.63) is 64.4 Å². The summed E-state index contributed by atoms with van der Waals surface area (Å²) in [6, 6.07) is 11.7. The first kappa shape index (κ1) is 14.5. The van der Waals surface area contributed by atoms with E-state index >= 15 is 0 Å². The number of hydrogen-bond acceptors (Lipinski definition) is 2. The van der Waals surface area contributed by atoms with Gasteiger partial charge in [0.2, 0.25) is 0 Å². The minimum absolute atomic E-state index is 0.0112. The highest BCUT2D eigenvalue weighted by Gasteiger charge is 2.12. The molecule has 2 aromatic rings. The Hall–Kier alpha value is -1.87. The second kappa shape index (κ2) is 6.53. The van der Waals surface area contributed by atoms with Gasteiger partial charge in [-0.05, 0) is 29.8 Å². The molecule has 0 radical (unpaired) electrons. The molecule has 0 N–H and O–H groups in total. The standard InChI is InChI=1S/C16H14ClFO2/c1-20-13-5-2-4-11(9-13)8-12(19)10-14-15(17)6-3-7-16(14)18/h2-7,9H,8,10H2,1H3. The number of halogens is 2. The summed E-state index contributed by atoms with van der Waals surface area (Å²) in [6.45, 7) is 0. The normalized spacial score (nSPS) is 10.3. The van der Waals surface area contributed by atoms with Gasteiger partial charge in [0.1, 0.15) is 17.3 Å². The Labute approximate surface area is 122 Å². The number of ether oxygens (including phenoxy) is 1. The van der Waals surface area contributed by atoms with Gasteiger partial charge < -0.3 is 4.74 Å². The van der Waals surface area contributed by atoms with E-state index in [4.69, 9.17) is 16.3 Å². The summed E-state index contributed by atoms with van der Waals surface area (Å²) in [4.78, 5) is 12.0. The average molecular weight is 293 g/mol. The van der Waals surface area contributed by atoms with Gasteiger partial charge in [-0.3, -0.25) is 4.79 Å². The van der Waals surface area contributed by atoms with Gasteiger partial charge in [-0.15, -0.1) is 0 Å². The van der Waals surface area contributed by atoms with Crippen LogP contribution in [0, 0.1) is 5.82 Å². The molecule has 0 bridgehead atoms. The van der Waals surface area contributed by atoms with Crippen LogP contribution in [0.1, 0.15) is 11.1 Å². The monoisotopic (exact) mass is 292 g/mol. The minimum atomic E-state index is -0.448. The van der Waals surface area contributed by atoms with Crippen LogP contribution in [-0.2, 0) is 17.6 Å². The van der Waals surface area contributed by atoms with Crippen molar-refractivity contribution in [2.24, 2.45) is 0 Å². The van der Waals surface area contributed by atoms with Crippen molar-refractivity contribution in [1.82, 2.24) is 0 Å². The Morgan fingerprint density at radius 2 is 1.95 bits per heavy atom. The zero-order valence-corrected chi connectivity index (χ0v) is 11.8. The lowest BCUT2D eigenvalue weighted by Gasteiger charge is -2.06. The van der Waals surface area contributed by atoms with E-state index in [9.17, 15) is 9.18 Å². The van der Waals surface area contributed by atoms with Gasteiger partial charge in [0.05, 0.1) is 7.11 Å². The molecule has 0 atom stereocenters. The van der Waals surface area contributed by atoms with E-state index in [0.717, 1.165) is 5.56 Å². The molecule has 104 valence electrons. The molecule has 0 amide bonds. The van der Waals surface area contributed by atoms with Gasteiger partial charge in [-0.2, -0.15) is 0 Å². The molecule has 0 spiro atoms. The SMILES string of the molecule is COc1cccc(CC(=O)Cc2c(F)cccc2Cl)c1. The van der Waals surface area contributed by atoms with Crippen molar-refractivity contribution in [2.75, 3.05) is 7.11 Å². The van der Waals surface area contributed by atoms with Crippen molar-refractivity contribution in [3.63, 3.8) is 0 Å². The molecule has 0 unspecified atom stereocenters. The Morgan fingerprint density at radius 1 is 1.20 bits per heavy atom. The quantitative estimate of drug-likeness (QED) is 0.837. The lowest BCUT2D eigenvalue weighted by atomic mass is 10.0. The van der Waals surface area contributed by atoms with Crippen LogP contribution in [-0.4, -0.2) is 12.9 Å². The molecule has 0 aliphatic rings. The molecule has 4 heteroatoms. The highest BCUT2D eigenvalue weighted by atomic mass is 35.5. The van der Waals surface area contributed by atoms with Crippen molar-refractivity contribution >= 4 is 17.4 Å². The molecule has 2 aromatic carbocycles. The summed E-state index contributed by atoms with van der Waals surface area (Å²) < 4.78 is 18.7. The summed E-state index contributed by atoms with van der Waals surface area (Å²) in [7, 11) is 1.57. The molecule has 0 saturated heterocycles. The molecule has 0 fully saturated rings. The van der Waals surface area contributed by atoms with Gasteiger partial charge in [0, 0.05) is 23.4 Å². The van der Waals surface area contributed by atoms with Crippen LogP contribution in [0.3, 0.4) is 0 Å². The van der Waals surface area contributed by atoms with Crippen molar-refractivity contribution in [1.29, 1.82) is 0 Å². The third kappa shape index (κ3) is 3.58. The molecule has 20 heavy (non-hydrogen) atoms. The molecular formula is C16H14ClFO2. The largest absolute Gasteiger partial charge is 0.497 e. The average Bonchev–Trinajstić information content (AvgIpc) is 2.43. The van der Waals surface area contributed by atoms with Crippen LogP contribution in [0.5, 0.6) is 5.75 Å². The van der Waals surface area contributed by atoms with Crippen molar-refractivity contribution in [3.8, 4) is 5.75 Å². The molecular weight excluding hydrogens is 279 g/mol. The Bertz CT molecular complexity index is 605. The highest BCUT2D eigenvalue weighted by molar-refractivity contribution is 6.31. The summed E-state index contributed by atoms with van der Waals surface area (Å²) in [5, 5.41) is 0.281. The van der Waals surface area contributed by atoms with Gasteiger partial charge in [0.25, 0.3) is 0 Å². The summed E-state index contributed by atoms with van der Waals surface area (Å²) >= 11 is 5.91. The molecule has 2 nitrogen and oxygen atoms in total. The van der Waals surface area contributed by atoms with Crippen LogP contribution in [0.25, 0.3) is 0 Å². The number of Topliss-reactive ketones (excluding diaryl/α,β-unsaturated/α-hetero) is 1. The van der Waals surface area contributed by atoms with E-state index in [2.05, 4.69) is 0 Å². The van der Waals surface area contributed by atoms with E-state index in [1.54, 1.807) is 19.2 Å². The van der Waals surface area contributed by atoms with Crippen molar-refractivity contribution < 1.29 is 13.9 Å². The number of hydrogen-bond donors (Lipinski definition) is 0. The number of carbonyl (C=O) groups excluding carboxylic acids is 1. The molecule has 0 heterocycles. The molecule has 0 aliphatic carbocycles. The fourth-order valence-corrected chi connectivity index (χ4v) is 2.20. The first-order valence-electron chi connectivity index (χ1n) is 6.17. The van der Waals surface area contributed by atoms with Crippen LogP contribution >= 0.6 is 11.6 Å². The Balaban J connectivity index is 2.09. The van der Waals surface area contributed by atoms with Crippen LogP contribution in [0.15, 0.2) is 42.5 Å². The molecule has 0 saturated carbocycles. The minimum Gasteiger partial charge on any atom is -0.497 e. The summed E-state index contributed by atoms with van der Waals surface area (Å²) in [5.74, 6) is 0.154. The highest BCUT2D eigenvalue weighted by Crippen LogP contribution is 2.20. The smallest absolute Gasteiger partial charge is 0.141 e. The molecule has 0 aliphatic heterocycles. The van der Waals surface area contributed by atoms with Crippen molar-refractivity contribution in [2.45, 2.75) is 12.8 Å². The predicted molar refractivity (Wildman–Crippen MR) is 76.8 cm³/mol. The number of carbonyl (C=O) groups is 1. The lowest BCUT2D eigenvalue weighted by Crippen LogP contribution is -2.08. The Morgan fingerprint density at radius 3 is 2.65 bits per heavy atom. The maximum atomic E-state index is 13.6. The van der Waals surface area contributed by atoms with E-state index < -0.39 is 5.82 Å². The van der Waals surface area contributed by atoms with Crippen LogP contribution < -0.4 is 4.74 Å². The third-order valence-electron chi connectivity index (χ3n) is 2.97. The van der Waals surface area contributed by atoms with E-state index in [0.29, 0.717) is 5.75 Å². The topological polar surface area (TPSA) is 26.3 Å². The first-order valence-corrected chi connectivity index (χ1v) is 6.55. The van der Waals surface area contributed by atoms with Crippen LogP contribution in [0.4, 0.5) is 4.39 Å². The second-order valence-corrected chi connectivity index (χ2v) is 4.85. The summed E-state index contributed by atoms with van der Waals surface area (Å²) in [5.41, 5.74) is 1.09. The molecule has 2 rings (SSSR count). The van der Waals surface area contributed by atoms with E-state index in [1.807, 2.05) is 18.2 Å². The fourth-order valence-electron chi connectivity index (χ4n) is 1.97. The number of ketones is 1. The lowest BCUT2D eigenvalue weighted by molar-refractivity contribution is -0.117. The fraction of sp³-hybridized carbons (Fsp3) is 0.188. The van der Waals surface area contributed by atoms with Gasteiger partial charge >= 0.3 is 0 Å². The second-order valence-electron chi connectivity index (χ2n) is 4.44. The number of methoxy groups -OCH3 is 1. The van der Waals surface area contributed by atoms with E-state index in [1.165, 1.54) is 12.1 Å². The van der Waals surface area contributed by atoms with E-state index in [-0.39, 0.29) is 29.2 Å². The third-order valence-corrected chi connectivity index (χ3v) is 3.33. The maximum Gasteiger partial charge on any atom is 0.141 e.